The number of aromatic hydroxyl groups is 1. The minimum atomic E-state index is -0.672. The van der Waals surface area contributed by atoms with Crippen LogP contribution in [0.25, 0.3) is 17.0 Å². The van der Waals surface area contributed by atoms with E-state index < -0.39 is 11.5 Å². The Balaban J connectivity index is 2.04. The fraction of sp³-hybridized carbons (Fsp3) is 0.0526. The molecule has 128 valence electrons. The van der Waals surface area contributed by atoms with E-state index in [1.165, 1.54) is 30.5 Å². The van der Waals surface area contributed by atoms with Crippen LogP contribution in [0.15, 0.2) is 57.5 Å². The number of nitrogens with zero attached hydrogens (tertiary/aromatic N) is 2. The number of pyridine rings is 1. The van der Waals surface area contributed by atoms with Crippen molar-refractivity contribution < 1.29 is 14.3 Å². The Morgan fingerprint density at radius 1 is 1.31 bits per heavy atom. The normalized spacial score (nSPS) is 11.2. The summed E-state index contributed by atoms with van der Waals surface area (Å²) in [6.07, 6.45) is 4.26. The Labute approximate surface area is 147 Å². The van der Waals surface area contributed by atoms with Gasteiger partial charge in [-0.25, -0.2) is 4.79 Å². The summed E-state index contributed by atoms with van der Waals surface area (Å²) in [6.45, 7) is 1.82. The lowest BCUT2D eigenvalue weighted by Gasteiger charge is -2.06. The molecule has 0 saturated carbocycles. The third-order valence-electron chi connectivity index (χ3n) is 3.59. The summed E-state index contributed by atoms with van der Waals surface area (Å²) in [4.78, 5) is 27.8. The second-order valence-electron chi connectivity index (χ2n) is 5.55. The molecule has 26 heavy (non-hydrogen) atoms. The molecule has 1 amide bonds. The summed E-state index contributed by atoms with van der Waals surface area (Å²) in [5.74, 6) is -0.890. The first-order chi connectivity index (χ1) is 12.5. The van der Waals surface area contributed by atoms with Gasteiger partial charge in [-0.3, -0.25) is 9.78 Å². The molecule has 7 nitrogen and oxygen atoms in total. The van der Waals surface area contributed by atoms with Gasteiger partial charge in [-0.05, 0) is 42.8 Å². The number of rotatable bonds is 3. The van der Waals surface area contributed by atoms with Crippen molar-refractivity contribution in [2.24, 2.45) is 0 Å². The van der Waals surface area contributed by atoms with Gasteiger partial charge >= 0.3 is 5.63 Å². The molecule has 0 bridgehead atoms. The number of nitrogens with one attached hydrogen (secondary N) is 1. The molecule has 0 unspecified atom stereocenters. The highest BCUT2D eigenvalue weighted by molar-refractivity contribution is 6.10. The van der Waals surface area contributed by atoms with Crippen LogP contribution in [0.5, 0.6) is 5.75 Å². The van der Waals surface area contributed by atoms with Crippen LogP contribution in [0.4, 0.5) is 5.69 Å². The number of carbonyl (C=O) groups is 1. The predicted octanol–water partition coefficient (Wildman–Crippen LogP) is 2.75. The monoisotopic (exact) mass is 347 g/mol. The lowest BCUT2D eigenvalue weighted by Crippen LogP contribution is -2.13. The van der Waals surface area contributed by atoms with Crippen molar-refractivity contribution in [2.45, 2.75) is 6.92 Å². The third-order valence-corrected chi connectivity index (χ3v) is 3.59. The fourth-order valence-electron chi connectivity index (χ4n) is 2.40. The fourth-order valence-corrected chi connectivity index (χ4v) is 2.40. The lowest BCUT2D eigenvalue weighted by atomic mass is 10.1. The van der Waals surface area contributed by atoms with Crippen LogP contribution in [-0.2, 0) is 4.79 Å². The van der Waals surface area contributed by atoms with Crippen LogP contribution in [0.1, 0.15) is 11.1 Å². The topological polar surface area (TPSA) is 116 Å². The number of carbonyl (C=O) groups excluding carboxylic acids is 1. The first-order valence-corrected chi connectivity index (χ1v) is 7.58. The summed E-state index contributed by atoms with van der Waals surface area (Å²) >= 11 is 0. The van der Waals surface area contributed by atoms with E-state index in [0.717, 1.165) is 5.56 Å². The maximum Gasteiger partial charge on any atom is 0.336 e. The summed E-state index contributed by atoms with van der Waals surface area (Å²) in [5, 5.41) is 22.6. The SMILES string of the molecule is Cc1cncc(NC(=O)/C(C#N)=C/c2c(O)ccc3ccc(=O)oc23)c1. The summed E-state index contributed by atoms with van der Waals surface area (Å²) in [7, 11) is 0. The highest BCUT2D eigenvalue weighted by Crippen LogP contribution is 2.28. The molecule has 0 aliphatic carbocycles. The zero-order valence-corrected chi connectivity index (χ0v) is 13.7. The molecule has 0 saturated heterocycles. The van der Waals surface area contributed by atoms with Gasteiger partial charge in [0.05, 0.1) is 17.4 Å². The van der Waals surface area contributed by atoms with Crippen molar-refractivity contribution in [2.75, 3.05) is 5.32 Å². The molecule has 0 fully saturated rings. The number of amides is 1. The second-order valence-corrected chi connectivity index (χ2v) is 5.55. The van der Waals surface area contributed by atoms with Crippen molar-refractivity contribution >= 4 is 28.6 Å². The number of benzene rings is 1. The highest BCUT2D eigenvalue weighted by Gasteiger charge is 2.14. The number of hydrogen-bond acceptors (Lipinski definition) is 6. The number of hydrogen-bond donors (Lipinski definition) is 2. The molecule has 0 radical (unpaired) electrons. The van der Waals surface area contributed by atoms with Crippen molar-refractivity contribution in [1.29, 1.82) is 5.26 Å². The second kappa shape index (κ2) is 6.91. The number of nitriles is 1. The largest absolute Gasteiger partial charge is 0.507 e. The molecular formula is C19H13N3O4. The van der Waals surface area contributed by atoms with Crippen LogP contribution < -0.4 is 10.9 Å². The van der Waals surface area contributed by atoms with Gasteiger partial charge in [-0.15, -0.1) is 0 Å². The van der Waals surface area contributed by atoms with Crippen molar-refractivity contribution in [3.05, 3.63) is 69.8 Å². The Bertz CT molecular complexity index is 1140. The van der Waals surface area contributed by atoms with Gasteiger partial charge in [0.1, 0.15) is 23.0 Å². The Kier molecular flexibility index (Phi) is 4.50. The number of fused-ring (bicyclic) bond motifs is 1. The Morgan fingerprint density at radius 3 is 2.81 bits per heavy atom. The molecule has 2 aromatic heterocycles. The molecule has 2 heterocycles. The minimum absolute atomic E-state index is 0.0780. The van der Waals surface area contributed by atoms with Crippen LogP contribution in [0.3, 0.4) is 0 Å². The highest BCUT2D eigenvalue weighted by atomic mass is 16.4. The summed E-state index contributed by atoms with van der Waals surface area (Å²) in [6, 6.07) is 9.23. The number of aromatic nitrogens is 1. The molecule has 1 aromatic carbocycles. The number of phenolic OH excluding ortho intramolecular Hbond substituents is 1. The zero-order chi connectivity index (χ0) is 18.7. The van der Waals surface area contributed by atoms with Gasteiger partial charge in [-0.2, -0.15) is 5.26 Å². The molecule has 7 heteroatoms. The average molecular weight is 347 g/mol. The van der Waals surface area contributed by atoms with Crippen LogP contribution in [0.2, 0.25) is 0 Å². The van der Waals surface area contributed by atoms with Gasteiger partial charge in [0.2, 0.25) is 0 Å². The molecule has 0 aliphatic rings. The molecule has 3 rings (SSSR count). The third kappa shape index (κ3) is 3.44. The van der Waals surface area contributed by atoms with Gasteiger partial charge in [0.25, 0.3) is 5.91 Å². The smallest absolute Gasteiger partial charge is 0.336 e. The first kappa shape index (κ1) is 16.9. The lowest BCUT2D eigenvalue weighted by molar-refractivity contribution is -0.112. The van der Waals surface area contributed by atoms with Crippen LogP contribution >= 0.6 is 0 Å². The molecule has 2 N–H and O–H groups in total. The number of aryl methyl sites for hydroxylation is 1. The van der Waals surface area contributed by atoms with Gasteiger partial charge in [0.15, 0.2) is 0 Å². The van der Waals surface area contributed by atoms with Crippen molar-refractivity contribution in [1.82, 2.24) is 4.98 Å². The van der Waals surface area contributed by atoms with E-state index in [-0.39, 0.29) is 22.5 Å². The van der Waals surface area contributed by atoms with E-state index in [4.69, 9.17) is 4.42 Å². The average Bonchev–Trinajstić information content (AvgIpc) is 2.61. The van der Waals surface area contributed by atoms with E-state index in [1.807, 2.05) is 6.92 Å². The standard InChI is InChI=1S/C19H13N3O4/c1-11-6-14(10-21-9-11)22-19(25)13(8-20)7-15-16(23)4-2-12-3-5-17(24)26-18(12)15/h2-7,9-10,23H,1H3,(H,22,25)/b13-7+. The van der Waals surface area contributed by atoms with Crippen LogP contribution in [0, 0.1) is 18.3 Å². The molecule has 3 aromatic rings. The van der Waals surface area contributed by atoms with E-state index in [1.54, 1.807) is 24.4 Å². The summed E-state index contributed by atoms with van der Waals surface area (Å²) in [5.41, 5.74) is 0.584. The zero-order valence-electron chi connectivity index (χ0n) is 13.7. The van der Waals surface area contributed by atoms with Crippen molar-refractivity contribution in [3.63, 3.8) is 0 Å². The van der Waals surface area contributed by atoms with Gasteiger partial charge in [0, 0.05) is 17.6 Å². The van der Waals surface area contributed by atoms with Crippen molar-refractivity contribution in [3.8, 4) is 11.8 Å². The van der Waals surface area contributed by atoms with Gasteiger partial charge < -0.3 is 14.8 Å². The van der Waals surface area contributed by atoms with E-state index in [0.29, 0.717) is 11.1 Å². The Hall–Kier alpha value is -3.92. The molecular weight excluding hydrogens is 334 g/mol. The Morgan fingerprint density at radius 2 is 2.08 bits per heavy atom. The maximum atomic E-state index is 12.4. The van der Waals surface area contributed by atoms with E-state index in [2.05, 4.69) is 10.3 Å². The van der Waals surface area contributed by atoms with E-state index >= 15 is 0 Å². The van der Waals surface area contributed by atoms with Crippen LogP contribution in [-0.4, -0.2) is 16.0 Å². The maximum absolute atomic E-state index is 12.4. The summed E-state index contributed by atoms with van der Waals surface area (Å²) < 4.78 is 5.12. The molecule has 0 atom stereocenters. The number of phenols is 1. The minimum Gasteiger partial charge on any atom is -0.507 e. The van der Waals surface area contributed by atoms with E-state index in [9.17, 15) is 20.0 Å². The quantitative estimate of drug-likeness (QED) is 0.427. The number of anilines is 1. The molecule has 0 aliphatic heterocycles. The first-order valence-electron chi connectivity index (χ1n) is 7.58. The van der Waals surface area contributed by atoms with Gasteiger partial charge in [-0.1, -0.05) is 0 Å². The predicted molar refractivity (Wildman–Crippen MR) is 95.3 cm³/mol. The molecule has 0 spiro atoms.